The Morgan fingerprint density at radius 1 is 0.962 bits per heavy atom. The van der Waals surface area contributed by atoms with Crippen molar-refractivity contribution in [1.29, 1.82) is 0 Å². The molecule has 5 heteroatoms. The topological polar surface area (TPSA) is 60.0 Å². The minimum absolute atomic E-state index is 0.483. The maximum Gasteiger partial charge on any atom is 0.160 e. The molecule has 0 aliphatic carbocycles. The summed E-state index contributed by atoms with van der Waals surface area (Å²) in [6, 6.07) is 13.4. The van der Waals surface area contributed by atoms with Gasteiger partial charge in [-0.1, -0.05) is 18.2 Å². The van der Waals surface area contributed by atoms with E-state index in [1.807, 2.05) is 56.3 Å². The normalized spacial score (nSPS) is 12.5. The fourth-order valence-corrected chi connectivity index (χ4v) is 2.89. The molecule has 0 heterocycles. The van der Waals surface area contributed by atoms with Crippen molar-refractivity contribution in [1.82, 2.24) is 5.32 Å². The van der Waals surface area contributed by atoms with Crippen LogP contribution in [0, 0.1) is 0 Å². The lowest BCUT2D eigenvalue weighted by Crippen LogP contribution is -2.45. The lowest BCUT2D eigenvalue weighted by Gasteiger charge is -2.32. The Hall–Kier alpha value is -2.24. The third-order valence-electron chi connectivity index (χ3n) is 4.54. The summed E-state index contributed by atoms with van der Waals surface area (Å²) in [7, 11) is 4.88. The van der Waals surface area contributed by atoms with Crippen LogP contribution in [0.25, 0.3) is 0 Å². The van der Waals surface area contributed by atoms with Gasteiger partial charge in [0.2, 0.25) is 0 Å². The number of hydrogen-bond donors (Lipinski definition) is 2. The largest absolute Gasteiger partial charge is 0.497 e. The van der Waals surface area contributed by atoms with Crippen molar-refractivity contribution in [2.24, 2.45) is 0 Å². The van der Waals surface area contributed by atoms with E-state index in [2.05, 4.69) is 5.32 Å². The highest BCUT2D eigenvalue weighted by Gasteiger charge is 2.28. The standard InChI is InChI=1S/C21H29NO4/c1-21(2,20(23)16-7-6-8-17(14-16)24-3)22-12-11-15-9-10-18(25-4)19(13-15)26-5/h6-10,13-14,20,22-23H,11-12H2,1-5H3. The number of hydrogen-bond acceptors (Lipinski definition) is 5. The summed E-state index contributed by atoms with van der Waals surface area (Å²) in [5.41, 5.74) is 1.48. The zero-order chi connectivity index (χ0) is 19.2. The smallest absolute Gasteiger partial charge is 0.160 e. The van der Waals surface area contributed by atoms with E-state index in [1.54, 1.807) is 21.3 Å². The molecule has 0 amide bonds. The van der Waals surface area contributed by atoms with E-state index in [4.69, 9.17) is 14.2 Å². The number of benzene rings is 2. The molecular formula is C21H29NO4. The van der Waals surface area contributed by atoms with Gasteiger partial charge in [-0.25, -0.2) is 0 Å². The fraction of sp³-hybridized carbons (Fsp3) is 0.429. The van der Waals surface area contributed by atoms with E-state index in [0.29, 0.717) is 0 Å². The van der Waals surface area contributed by atoms with Crippen molar-refractivity contribution in [3.8, 4) is 17.2 Å². The highest BCUT2D eigenvalue weighted by Crippen LogP contribution is 2.29. The molecule has 1 atom stereocenters. The Kier molecular flexibility index (Phi) is 6.89. The van der Waals surface area contributed by atoms with Crippen molar-refractivity contribution in [2.75, 3.05) is 27.9 Å². The minimum atomic E-state index is -0.650. The molecule has 0 saturated carbocycles. The van der Waals surface area contributed by atoms with E-state index in [0.717, 1.165) is 41.3 Å². The Morgan fingerprint density at radius 3 is 2.35 bits per heavy atom. The molecule has 0 fully saturated rings. The molecule has 2 aromatic carbocycles. The molecule has 2 N–H and O–H groups in total. The quantitative estimate of drug-likeness (QED) is 0.719. The fourth-order valence-electron chi connectivity index (χ4n) is 2.89. The number of aliphatic hydroxyl groups excluding tert-OH is 1. The Labute approximate surface area is 155 Å². The van der Waals surface area contributed by atoms with Gasteiger partial charge < -0.3 is 24.6 Å². The van der Waals surface area contributed by atoms with Crippen molar-refractivity contribution in [3.05, 3.63) is 53.6 Å². The summed E-state index contributed by atoms with van der Waals surface area (Å²) >= 11 is 0. The number of methoxy groups -OCH3 is 3. The van der Waals surface area contributed by atoms with Gasteiger partial charge in [-0.3, -0.25) is 0 Å². The third kappa shape index (κ3) is 4.90. The van der Waals surface area contributed by atoms with Crippen LogP contribution in [-0.4, -0.2) is 38.5 Å². The van der Waals surface area contributed by atoms with E-state index in [-0.39, 0.29) is 0 Å². The van der Waals surface area contributed by atoms with Gasteiger partial charge >= 0.3 is 0 Å². The first-order valence-corrected chi connectivity index (χ1v) is 8.69. The van der Waals surface area contributed by atoms with E-state index < -0.39 is 11.6 Å². The summed E-state index contributed by atoms with van der Waals surface area (Å²) in [4.78, 5) is 0. The number of rotatable bonds is 9. The average Bonchev–Trinajstić information content (AvgIpc) is 2.67. The van der Waals surface area contributed by atoms with E-state index in [9.17, 15) is 5.11 Å². The average molecular weight is 359 g/mol. The van der Waals surface area contributed by atoms with Gasteiger partial charge in [0.25, 0.3) is 0 Å². The monoisotopic (exact) mass is 359 g/mol. The van der Waals surface area contributed by atoms with Gasteiger partial charge in [0, 0.05) is 5.54 Å². The molecule has 0 spiro atoms. The molecule has 0 aliphatic rings. The maximum absolute atomic E-state index is 10.8. The zero-order valence-corrected chi connectivity index (χ0v) is 16.2. The molecule has 0 aromatic heterocycles. The molecule has 0 saturated heterocycles. The lowest BCUT2D eigenvalue weighted by atomic mass is 9.91. The number of aliphatic hydroxyl groups is 1. The summed E-state index contributed by atoms with van der Waals surface area (Å²) in [5.74, 6) is 2.18. The molecule has 142 valence electrons. The van der Waals surface area contributed by atoms with E-state index >= 15 is 0 Å². The molecule has 26 heavy (non-hydrogen) atoms. The third-order valence-corrected chi connectivity index (χ3v) is 4.54. The van der Waals surface area contributed by atoms with Crippen molar-refractivity contribution in [3.63, 3.8) is 0 Å². The van der Waals surface area contributed by atoms with Crippen LogP contribution < -0.4 is 19.5 Å². The van der Waals surface area contributed by atoms with Gasteiger partial charge in [-0.15, -0.1) is 0 Å². The molecule has 2 aromatic rings. The SMILES string of the molecule is COc1cccc(C(O)C(C)(C)NCCc2ccc(OC)c(OC)c2)c1. The van der Waals surface area contributed by atoms with Gasteiger partial charge in [0.1, 0.15) is 5.75 Å². The molecule has 0 aliphatic heterocycles. The highest BCUT2D eigenvalue weighted by molar-refractivity contribution is 5.43. The minimum Gasteiger partial charge on any atom is -0.497 e. The lowest BCUT2D eigenvalue weighted by molar-refractivity contribution is 0.0805. The first-order chi connectivity index (χ1) is 12.4. The number of ether oxygens (including phenoxy) is 3. The predicted molar refractivity (Wildman–Crippen MR) is 103 cm³/mol. The first-order valence-electron chi connectivity index (χ1n) is 8.69. The summed E-state index contributed by atoms with van der Waals surface area (Å²) in [6.45, 7) is 4.71. The van der Waals surface area contributed by atoms with Crippen molar-refractivity contribution < 1.29 is 19.3 Å². The van der Waals surface area contributed by atoms with Crippen LogP contribution in [0.1, 0.15) is 31.1 Å². The molecule has 0 radical (unpaired) electrons. The Balaban J connectivity index is 1.99. The summed E-state index contributed by atoms with van der Waals surface area (Å²) < 4.78 is 15.9. The van der Waals surface area contributed by atoms with Crippen LogP contribution >= 0.6 is 0 Å². The van der Waals surface area contributed by atoms with E-state index in [1.165, 1.54) is 0 Å². The van der Waals surface area contributed by atoms with Crippen LogP contribution in [0.15, 0.2) is 42.5 Å². The first kappa shape index (κ1) is 20.1. The number of nitrogens with one attached hydrogen (secondary N) is 1. The van der Waals surface area contributed by atoms with Gasteiger partial charge in [-0.2, -0.15) is 0 Å². The maximum atomic E-state index is 10.8. The molecule has 1 unspecified atom stereocenters. The van der Waals surface area contributed by atoms with Gasteiger partial charge in [-0.05, 0) is 62.2 Å². The van der Waals surface area contributed by atoms with Crippen LogP contribution in [0.3, 0.4) is 0 Å². The molecular weight excluding hydrogens is 330 g/mol. The second-order valence-electron chi connectivity index (χ2n) is 6.77. The van der Waals surface area contributed by atoms with Gasteiger partial charge in [0.15, 0.2) is 11.5 Å². The van der Waals surface area contributed by atoms with Crippen LogP contribution in [0.4, 0.5) is 0 Å². The second-order valence-corrected chi connectivity index (χ2v) is 6.77. The van der Waals surface area contributed by atoms with Crippen LogP contribution in [0.5, 0.6) is 17.2 Å². The zero-order valence-electron chi connectivity index (χ0n) is 16.2. The Morgan fingerprint density at radius 2 is 1.69 bits per heavy atom. The molecule has 0 bridgehead atoms. The second kappa shape index (κ2) is 8.92. The molecule has 2 rings (SSSR count). The van der Waals surface area contributed by atoms with Crippen LogP contribution in [0.2, 0.25) is 0 Å². The van der Waals surface area contributed by atoms with Crippen LogP contribution in [-0.2, 0) is 6.42 Å². The van der Waals surface area contributed by atoms with Gasteiger partial charge in [0.05, 0.1) is 27.4 Å². The van der Waals surface area contributed by atoms with Crippen molar-refractivity contribution >= 4 is 0 Å². The summed E-state index contributed by atoms with van der Waals surface area (Å²) in [6.07, 6.45) is 0.164. The molecule has 5 nitrogen and oxygen atoms in total. The van der Waals surface area contributed by atoms with Crippen molar-refractivity contribution in [2.45, 2.75) is 31.9 Å². The Bertz CT molecular complexity index is 715. The highest BCUT2D eigenvalue weighted by atomic mass is 16.5. The summed E-state index contributed by atoms with van der Waals surface area (Å²) in [5, 5.41) is 14.2. The predicted octanol–water partition coefficient (Wildman–Crippen LogP) is 3.36.